The van der Waals surface area contributed by atoms with E-state index in [1.165, 1.54) is 43.8 Å². The summed E-state index contributed by atoms with van der Waals surface area (Å²) >= 11 is 0. The van der Waals surface area contributed by atoms with E-state index in [0.29, 0.717) is 0 Å². The standard InChI is InChI=1S/C28H16/c1-5-21-6-2-10-24-16-19(15-23(9-1)27(21)24)13-14-20-17-25-11-3-7-22-8-4-12-26(18-20)28(22)25/h1-12,15-18H. The van der Waals surface area contributed by atoms with Gasteiger partial charge in [0, 0.05) is 41.2 Å². The molecule has 2 aliphatic rings. The molecule has 0 atom stereocenters. The Kier molecular flexibility index (Phi) is 3.18. The molecular formula is C28H16. The van der Waals surface area contributed by atoms with Gasteiger partial charge in [-0.05, 0) is 30.3 Å². The van der Waals surface area contributed by atoms with E-state index in [1.807, 2.05) is 0 Å². The Bertz CT molecular complexity index is 1290. The predicted molar refractivity (Wildman–Crippen MR) is 119 cm³/mol. The Morgan fingerprint density at radius 1 is 0.714 bits per heavy atom. The van der Waals surface area contributed by atoms with E-state index in [1.54, 1.807) is 0 Å². The number of benzene rings is 4. The molecule has 0 saturated carbocycles. The topological polar surface area (TPSA) is 0 Å². The van der Waals surface area contributed by atoms with Crippen LogP contribution in [0.1, 0.15) is 33.4 Å². The highest BCUT2D eigenvalue weighted by Gasteiger charge is 2.16. The first kappa shape index (κ1) is 15.3. The molecule has 0 amide bonds. The minimum absolute atomic E-state index is 1.05. The van der Waals surface area contributed by atoms with Crippen molar-refractivity contribution in [3.05, 3.63) is 119 Å². The third kappa shape index (κ3) is 2.34. The molecule has 0 aliphatic heterocycles. The Hall–Kier alpha value is -3.82. The molecule has 0 heterocycles. The number of rotatable bonds is 0. The van der Waals surface area contributed by atoms with Crippen LogP contribution in [0.3, 0.4) is 0 Å². The molecule has 4 aromatic rings. The van der Waals surface area contributed by atoms with E-state index >= 15 is 0 Å². The minimum atomic E-state index is 1.05. The summed E-state index contributed by atoms with van der Waals surface area (Å²) in [5.41, 5.74) is 7.16. The van der Waals surface area contributed by atoms with Gasteiger partial charge in [0.2, 0.25) is 0 Å². The lowest BCUT2D eigenvalue weighted by atomic mass is 9.91. The molecule has 6 rings (SSSR count). The fourth-order valence-electron chi connectivity index (χ4n) is 4.32. The van der Waals surface area contributed by atoms with Gasteiger partial charge >= 0.3 is 0 Å². The van der Waals surface area contributed by atoms with Crippen molar-refractivity contribution < 1.29 is 0 Å². The van der Waals surface area contributed by atoms with Crippen LogP contribution >= 0.6 is 0 Å². The molecule has 2 aliphatic carbocycles. The average molecular weight is 352 g/mol. The smallest absolute Gasteiger partial charge is 0.105 e. The summed E-state index contributed by atoms with van der Waals surface area (Å²) in [6.45, 7) is 0. The molecule has 0 aromatic heterocycles. The van der Waals surface area contributed by atoms with Crippen LogP contribution in [0, 0.1) is 24.7 Å². The summed E-state index contributed by atoms with van der Waals surface area (Å²) in [7, 11) is 0. The molecule has 0 radical (unpaired) electrons. The maximum Gasteiger partial charge on any atom is 0.105 e. The summed E-state index contributed by atoms with van der Waals surface area (Å²) in [6.07, 6.45) is 12.9. The van der Waals surface area contributed by atoms with Crippen LogP contribution in [-0.2, 0) is 0 Å². The molecule has 0 unspecified atom stereocenters. The molecule has 0 spiro atoms. The molecule has 128 valence electrons. The molecule has 0 bridgehead atoms. The first-order valence-corrected chi connectivity index (χ1v) is 9.54. The van der Waals surface area contributed by atoms with Gasteiger partial charge in [-0.15, -0.1) is 36.3 Å². The Morgan fingerprint density at radius 3 is 2.25 bits per heavy atom. The monoisotopic (exact) mass is 352 g/mol. The van der Waals surface area contributed by atoms with Gasteiger partial charge in [-0.1, -0.05) is 40.3 Å². The first-order valence-electron chi connectivity index (χ1n) is 9.54. The van der Waals surface area contributed by atoms with Gasteiger partial charge in [0.1, 0.15) is 5.56 Å². The highest BCUT2D eigenvalue weighted by molar-refractivity contribution is 5.98. The zero-order chi connectivity index (χ0) is 18.5. The van der Waals surface area contributed by atoms with E-state index in [0.717, 1.165) is 11.1 Å². The van der Waals surface area contributed by atoms with Gasteiger partial charge in [0.25, 0.3) is 0 Å². The highest BCUT2D eigenvalue weighted by Crippen LogP contribution is 2.32. The molecule has 0 nitrogen and oxygen atoms in total. The zero-order valence-corrected chi connectivity index (χ0v) is 15.2. The Labute approximate surface area is 164 Å². The predicted octanol–water partition coefficient (Wildman–Crippen LogP) is 6.55. The number of hydrogen-bond donors (Lipinski definition) is 0. The van der Waals surface area contributed by atoms with E-state index in [-0.39, 0.29) is 0 Å². The number of hydrogen-bond acceptors (Lipinski definition) is 0. The van der Waals surface area contributed by atoms with E-state index in [4.69, 9.17) is 0 Å². The summed E-state index contributed by atoms with van der Waals surface area (Å²) < 4.78 is 0. The summed E-state index contributed by atoms with van der Waals surface area (Å²) in [5.74, 6) is 6.79. The normalized spacial score (nSPS) is 13.0. The first-order chi connectivity index (χ1) is 13.8. The van der Waals surface area contributed by atoms with Crippen molar-refractivity contribution in [1.82, 2.24) is 0 Å². The Balaban J connectivity index is 1.49. The summed E-state index contributed by atoms with van der Waals surface area (Å²) in [5, 5.41) is 5.13. The second kappa shape index (κ2) is 5.84. The van der Waals surface area contributed by atoms with Crippen LogP contribution in [0.25, 0.3) is 33.7 Å². The van der Waals surface area contributed by atoms with Gasteiger partial charge in [-0.2, -0.15) is 0 Å². The highest BCUT2D eigenvalue weighted by atomic mass is 14.1. The number of allylic oxidation sites excluding steroid dienone is 2. The molecular weight excluding hydrogens is 336 g/mol. The molecule has 4 aromatic carbocycles. The second-order valence-electron chi connectivity index (χ2n) is 7.32. The van der Waals surface area contributed by atoms with Gasteiger partial charge < -0.3 is 0 Å². The van der Waals surface area contributed by atoms with Crippen molar-refractivity contribution in [3.63, 3.8) is 0 Å². The maximum absolute atomic E-state index is 3.39. The quantitative estimate of drug-likeness (QED) is 0.249. The van der Waals surface area contributed by atoms with Crippen molar-refractivity contribution in [2.45, 2.75) is 0 Å². The van der Waals surface area contributed by atoms with Gasteiger partial charge in [-0.3, -0.25) is 0 Å². The van der Waals surface area contributed by atoms with Crippen molar-refractivity contribution in [2.24, 2.45) is 0 Å². The summed E-state index contributed by atoms with van der Waals surface area (Å²) in [4.78, 5) is 0. The van der Waals surface area contributed by atoms with Crippen LogP contribution in [0.5, 0.6) is 0 Å². The SMILES string of the molecule is C(#Cc1cc2c3c(cccc3c1)[CH-]C=C2)c1cc2c3c(cccc3c1)[CH+]C=C2. The van der Waals surface area contributed by atoms with Crippen LogP contribution < -0.4 is 0 Å². The van der Waals surface area contributed by atoms with Crippen molar-refractivity contribution in [2.75, 3.05) is 0 Å². The third-order valence-corrected chi connectivity index (χ3v) is 5.53. The second-order valence-corrected chi connectivity index (χ2v) is 7.32. The van der Waals surface area contributed by atoms with E-state index < -0.39 is 0 Å². The van der Waals surface area contributed by atoms with Gasteiger partial charge in [0.15, 0.2) is 0 Å². The van der Waals surface area contributed by atoms with E-state index in [2.05, 4.69) is 110 Å². The zero-order valence-electron chi connectivity index (χ0n) is 15.2. The molecule has 0 N–H and O–H groups in total. The molecule has 0 fully saturated rings. The lowest BCUT2D eigenvalue weighted by Gasteiger charge is -2.20. The lowest BCUT2D eigenvalue weighted by molar-refractivity contribution is 1.53. The molecule has 0 heteroatoms. The van der Waals surface area contributed by atoms with E-state index in [9.17, 15) is 0 Å². The van der Waals surface area contributed by atoms with Crippen LogP contribution in [-0.4, -0.2) is 0 Å². The van der Waals surface area contributed by atoms with Gasteiger partial charge in [-0.25, -0.2) is 0 Å². The van der Waals surface area contributed by atoms with Crippen LogP contribution in [0.15, 0.2) is 72.8 Å². The van der Waals surface area contributed by atoms with Gasteiger partial charge in [0.05, 0.1) is 10.9 Å². The fourth-order valence-corrected chi connectivity index (χ4v) is 4.32. The minimum Gasteiger partial charge on any atom is -0.145 e. The average Bonchev–Trinajstić information content (AvgIpc) is 2.73. The Morgan fingerprint density at radius 2 is 1.43 bits per heavy atom. The fraction of sp³-hybridized carbons (Fsp3) is 0. The lowest BCUT2D eigenvalue weighted by Crippen LogP contribution is -1.93. The van der Waals surface area contributed by atoms with Crippen molar-refractivity contribution in [1.29, 1.82) is 0 Å². The van der Waals surface area contributed by atoms with Crippen LogP contribution in [0.4, 0.5) is 0 Å². The van der Waals surface area contributed by atoms with Crippen molar-refractivity contribution >= 4 is 33.7 Å². The third-order valence-electron chi connectivity index (χ3n) is 5.53. The van der Waals surface area contributed by atoms with Crippen molar-refractivity contribution in [3.8, 4) is 11.8 Å². The maximum atomic E-state index is 3.39. The van der Waals surface area contributed by atoms with Crippen LogP contribution in [0.2, 0.25) is 0 Å². The molecule has 0 saturated heterocycles. The largest absolute Gasteiger partial charge is 0.145 e. The summed E-state index contributed by atoms with van der Waals surface area (Å²) in [6, 6.07) is 21.7. The molecule has 28 heavy (non-hydrogen) atoms.